The molecule has 1 heterocycles. The maximum Gasteiger partial charge on any atom is 0.254 e. The van der Waals surface area contributed by atoms with Gasteiger partial charge in [0.1, 0.15) is 0 Å². The molecule has 0 aliphatic carbocycles. The van der Waals surface area contributed by atoms with E-state index < -0.39 is 0 Å². The van der Waals surface area contributed by atoms with Gasteiger partial charge in [0.2, 0.25) is 0 Å². The molecule has 0 saturated heterocycles. The van der Waals surface area contributed by atoms with Crippen molar-refractivity contribution in [3.8, 4) is 0 Å². The zero-order valence-corrected chi connectivity index (χ0v) is 12.3. The van der Waals surface area contributed by atoms with Crippen molar-refractivity contribution in [1.29, 1.82) is 0 Å². The highest BCUT2D eigenvalue weighted by molar-refractivity contribution is 6.33. The molecular formula is C16H17ClN2O. The number of carbonyl (C=O) groups excluding carboxylic acids is 1. The van der Waals surface area contributed by atoms with Crippen molar-refractivity contribution in [2.75, 3.05) is 0 Å². The molecule has 2 aromatic rings. The Morgan fingerprint density at radius 3 is 2.70 bits per heavy atom. The van der Waals surface area contributed by atoms with Crippen LogP contribution >= 0.6 is 11.6 Å². The fraction of sp³-hybridized carbons (Fsp3) is 0.250. The first-order valence-electron chi connectivity index (χ1n) is 6.53. The molecule has 1 amide bonds. The third-order valence-electron chi connectivity index (χ3n) is 3.00. The summed E-state index contributed by atoms with van der Waals surface area (Å²) in [5.41, 5.74) is 2.40. The normalized spacial score (nSPS) is 11.9. The predicted octanol–water partition coefficient (Wildman–Crippen LogP) is 3.40. The molecular weight excluding hydrogens is 272 g/mol. The van der Waals surface area contributed by atoms with Gasteiger partial charge in [0.25, 0.3) is 5.91 Å². The highest BCUT2D eigenvalue weighted by atomic mass is 35.5. The lowest BCUT2D eigenvalue weighted by Gasteiger charge is -2.14. The summed E-state index contributed by atoms with van der Waals surface area (Å²) in [5, 5.41) is 3.37. The van der Waals surface area contributed by atoms with Crippen LogP contribution in [0, 0.1) is 6.92 Å². The van der Waals surface area contributed by atoms with Gasteiger partial charge in [0.05, 0.1) is 10.6 Å². The Hall–Kier alpha value is -1.87. The molecule has 1 atom stereocenters. The molecule has 2 rings (SSSR count). The zero-order chi connectivity index (χ0) is 14.5. The Bertz CT molecular complexity index is 599. The van der Waals surface area contributed by atoms with Gasteiger partial charge in [-0.1, -0.05) is 41.9 Å². The SMILES string of the molecule is Cc1cc(Cl)c(C(=O)NC(C)Cc2ccccc2)cn1. The number of aryl methyl sites for hydroxylation is 1. The summed E-state index contributed by atoms with van der Waals surface area (Å²) in [4.78, 5) is 16.2. The predicted molar refractivity (Wildman–Crippen MR) is 81.1 cm³/mol. The van der Waals surface area contributed by atoms with Crippen LogP contribution in [-0.2, 0) is 6.42 Å². The molecule has 20 heavy (non-hydrogen) atoms. The molecule has 0 bridgehead atoms. The standard InChI is InChI=1S/C16H17ClN2O/c1-11-9-15(17)14(10-18-11)16(20)19-12(2)8-13-6-4-3-5-7-13/h3-7,9-10,12H,8H2,1-2H3,(H,19,20). The van der Waals surface area contributed by atoms with Crippen LogP contribution in [0.3, 0.4) is 0 Å². The van der Waals surface area contributed by atoms with Crippen molar-refractivity contribution in [3.63, 3.8) is 0 Å². The number of benzene rings is 1. The number of pyridine rings is 1. The second-order valence-corrected chi connectivity index (χ2v) is 5.28. The number of nitrogens with one attached hydrogen (secondary N) is 1. The van der Waals surface area contributed by atoms with Gasteiger partial charge in [-0.3, -0.25) is 9.78 Å². The third kappa shape index (κ3) is 3.81. The fourth-order valence-electron chi connectivity index (χ4n) is 2.01. The topological polar surface area (TPSA) is 42.0 Å². The van der Waals surface area contributed by atoms with Gasteiger partial charge in [0, 0.05) is 17.9 Å². The maximum atomic E-state index is 12.1. The van der Waals surface area contributed by atoms with Crippen molar-refractivity contribution in [2.24, 2.45) is 0 Å². The molecule has 0 radical (unpaired) electrons. The van der Waals surface area contributed by atoms with E-state index in [1.54, 1.807) is 6.07 Å². The first-order chi connectivity index (χ1) is 9.56. The molecule has 0 spiro atoms. The molecule has 4 heteroatoms. The van der Waals surface area contributed by atoms with Gasteiger partial charge in [-0.2, -0.15) is 0 Å². The molecule has 0 fully saturated rings. The second-order valence-electron chi connectivity index (χ2n) is 4.87. The Balaban J connectivity index is 2.00. The van der Waals surface area contributed by atoms with E-state index in [0.717, 1.165) is 12.1 Å². The molecule has 104 valence electrons. The van der Waals surface area contributed by atoms with Crippen LogP contribution < -0.4 is 5.32 Å². The number of halogens is 1. The quantitative estimate of drug-likeness (QED) is 0.937. The van der Waals surface area contributed by atoms with E-state index in [2.05, 4.69) is 10.3 Å². The van der Waals surface area contributed by atoms with Crippen LogP contribution in [-0.4, -0.2) is 16.9 Å². The van der Waals surface area contributed by atoms with Crippen LogP contribution in [0.25, 0.3) is 0 Å². The van der Waals surface area contributed by atoms with E-state index in [0.29, 0.717) is 10.6 Å². The molecule has 3 nitrogen and oxygen atoms in total. The second kappa shape index (κ2) is 6.53. The van der Waals surface area contributed by atoms with Crippen molar-refractivity contribution >= 4 is 17.5 Å². The van der Waals surface area contributed by atoms with Crippen molar-refractivity contribution in [1.82, 2.24) is 10.3 Å². The van der Waals surface area contributed by atoms with Crippen molar-refractivity contribution in [2.45, 2.75) is 26.3 Å². The Labute approximate surface area is 124 Å². The Morgan fingerprint density at radius 1 is 1.35 bits per heavy atom. The molecule has 1 unspecified atom stereocenters. The van der Waals surface area contributed by atoms with Gasteiger partial charge < -0.3 is 5.32 Å². The van der Waals surface area contributed by atoms with Crippen LogP contribution in [0.4, 0.5) is 0 Å². The summed E-state index contributed by atoms with van der Waals surface area (Å²) < 4.78 is 0. The van der Waals surface area contributed by atoms with E-state index in [1.807, 2.05) is 44.2 Å². The maximum absolute atomic E-state index is 12.1. The third-order valence-corrected chi connectivity index (χ3v) is 3.31. The minimum atomic E-state index is -0.189. The van der Waals surface area contributed by atoms with Crippen molar-refractivity contribution < 1.29 is 4.79 Å². The average molecular weight is 289 g/mol. The molecule has 1 aromatic carbocycles. The first kappa shape index (κ1) is 14.5. The van der Waals surface area contributed by atoms with Gasteiger partial charge in [0.15, 0.2) is 0 Å². The first-order valence-corrected chi connectivity index (χ1v) is 6.91. The van der Waals surface area contributed by atoms with Gasteiger partial charge in [-0.25, -0.2) is 0 Å². The van der Waals surface area contributed by atoms with E-state index in [4.69, 9.17) is 11.6 Å². The van der Waals surface area contributed by atoms with Crippen LogP contribution in [0.15, 0.2) is 42.6 Å². The molecule has 0 aliphatic heterocycles. The van der Waals surface area contributed by atoms with E-state index in [-0.39, 0.29) is 11.9 Å². The Kier molecular flexibility index (Phi) is 4.74. The minimum absolute atomic E-state index is 0.0299. The monoisotopic (exact) mass is 288 g/mol. The number of rotatable bonds is 4. The van der Waals surface area contributed by atoms with E-state index >= 15 is 0 Å². The lowest BCUT2D eigenvalue weighted by molar-refractivity contribution is 0.0940. The van der Waals surface area contributed by atoms with Crippen LogP contribution in [0.5, 0.6) is 0 Å². The summed E-state index contributed by atoms with van der Waals surface area (Å²) in [6, 6.07) is 11.8. The number of amides is 1. The molecule has 1 aromatic heterocycles. The van der Waals surface area contributed by atoms with Gasteiger partial charge in [-0.05, 0) is 31.9 Å². The lowest BCUT2D eigenvalue weighted by atomic mass is 10.1. The molecule has 0 saturated carbocycles. The Morgan fingerprint density at radius 2 is 2.05 bits per heavy atom. The van der Waals surface area contributed by atoms with Gasteiger partial charge in [-0.15, -0.1) is 0 Å². The smallest absolute Gasteiger partial charge is 0.254 e. The highest BCUT2D eigenvalue weighted by Crippen LogP contribution is 2.15. The number of hydrogen-bond acceptors (Lipinski definition) is 2. The number of aromatic nitrogens is 1. The van der Waals surface area contributed by atoms with Gasteiger partial charge >= 0.3 is 0 Å². The minimum Gasteiger partial charge on any atom is -0.349 e. The number of carbonyl (C=O) groups is 1. The van der Waals surface area contributed by atoms with Crippen molar-refractivity contribution in [3.05, 3.63) is 64.4 Å². The largest absolute Gasteiger partial charge is 0.349 e. The fourth-order valence-corrected chi connectivity index (χ4v) is 2.31. The van der Waals surface area contributed by atoms with E-state index in [9.17, 15) is 4.79 Å². The van der Waals surface area contributed by atoms with E-state index in [1.165, 1.54) is 11.8 Å². The average Bonchev–Trinajstić information content (AvgIpc) is 2.39. The summed E-state index contributed by atoms with van der Waals surface area (Å²) in [5.74, 6) is -0.189. The summed E-state index contributed by atoms with van der Waals surface area (Å²) in [7, 11) is 0. The molecule has 1 N–H and O–H groups in total. The van der Waals surface area contributed by atoms with Crippen LogP contribution in [0.1, 0.15) is 28.5 Å². The number of nitrogens with zero attached hydrogens (tertiary/aromatic N) is 1. The summed E-state index contributed by atoms with van der Waals surface area (Å²) >= 11 is 6.07. The highest BCUT2D eigenvalue weighted by Gasteiger charge is 2.14. The van der Waals surface area contributed by atoms with Crippen LogP contribution in [0.2, 0.25) is 5.02 Å². The molecule has 0 aliphatic rings. The lowest BCUT2D eigenvalue weighted by Crippen LogP contribution is -2.34. The summed E-state index contributed by atoms with van der Waals surface area (Å²) in [6.07, 6.45) is 2.30. The number of hydrogen-bond donors (Lipinski definition) is 1. The zero-order valence-electron chi connectivity index (χ0n) is 11.6. The summed E-state index contributed by atoms with van der Waals surface area (Å²) in [6.45, 7) is 3.81.